The van der Waals surface area contributed by atoms with E-state index < -0.39 is 0 Å². The van der Waals surface area contributed by atoms with Crippen LogP contribution in [0.3, 0.4) is 0 Å². The number of rotatable bonds is 8. The molecule has 1 unspecified atom stereocenters. The van der Waals surface area contributed by atoms with Crippen LogP contribution in [0.2, 0.25) is 0 Å². The summed E-state index contributed by atoms with van der Waals surface area (Å²) in [5.41, 5.74) is 3.71. The van der Waals surface area contributed by atoms with E-state index in [9.17, 15) is 0 Å². The first-order valence-corrected chi connectivity index (χ1v) is 11.3. The van der Waals surface area contributed by atoms with Crippen LogP contribution in [0.15, 0.2) is 72.2 Å². The average Bonchev–Trinajstić information content (AvgIpc) is 3.45. The number of thiocarbonyl (C=S) groups is 1. The molecule has 6 heteroatoms. The van der Waals surface area contributed by atoms with Gasteiger partial charge in [-0.3, -0.25) is 0 Å². The number of hydrogen-bond donors (Lipinski definition) is 3. The molecule has 4 aromatic rings. The summed E-state index contributed by atoms with van der Waals surface area (Å²) < 4.78 is 5.21. The molecule has 2 heterocycles. The fourth-order valence-electron chi connectivity index (χ4n) is 3.61. The van der Waals surface area contributed by atoms with Crippen molar-refractivity contribution >= 4 is 39.6 Å². The Morgan fingerprint density at radius 1 is 1.07 bits per heavy atom. The SMILES string of the molecule is COc1ccc(CCNC(=S)NCC(c2cccs2)c2c[nH]c3ccccc23)cc1. The van der Waals surface area contributed by atoms with Crippen molar-refractivity contribution in [3.63, 3.8) is 0 Å². The van der Waals surface area contributed by atoms with E-state index in [0.29, 0.717) is 5.11 Å². The number of H-pyrrole nitrogens is 1. The number of methoxy groups -OCH3 is 1. The van der Waals surface area contributed by atoms with Crippen molar-refractivity contribution in [2.24, 2.45) is 0 Å². The normalized spacial score (nSPS) is 11.9. The summed E-state index contributed by atoms with van der Waals surface area (Å²) in [6, 6.07) is 20.9. The van der Waals surface area contributed by atoms with E-state index in [1.165, 1.54) is 21.4 Å². The number of para-hydroxylation sites is 1. The largest absolute Gasteiger partial charge is 0.497 e. The predicted molar refractivity (Wildman–Crippen MR) is 130 cm³/mol. The molecule has 4 rings (SSSR count). The van der Waals surface area contributed by atoms with Gasteiger partial charge >= 0.3 is 0 Å². The minimum atomic E-state index is 0.238. The van der Waals surface area contributed by atoms with Gasteiger partial charge in [-0.2, -0.15) is 0 Å². The number of ether oxygens (including phenoxy) is 1. The van der Waals surface area contributed by atoms with E-state index >= 15 is 0 Å². The molecular formula is C24H25N3OS2. The maximum absolute atomic E-state index is 5.54. The summed E-state index contributed by atoms with van der Waals surface area (Å²) in [7, 11) is 1.68. The van der Waals surface area contributed by atoms with Crippen molar-refractivity contribution in [3.8, 4) is 5.75 Å². The lowest BCUT2D eigenvalue weighted by Crippen LogP contribution is -2.38. The van der Waals surface area contributed by atoms with Crippen molar-refractivity contribution in [2.45, 2.75) is 12.3 Å². The molecule has 154 valence electrons. The van der Waals surface area contributed by atoms with Gasteiger partial charge in [0.05, 0.1) is 7.11 Å². The lowest BCUT2D eigenvalue weighted by molar-refractivity contribution is 0.414. The zero-order chi connectivity index (χ0) is 20.8. The Hall–Kier alpha value is -2.83. The number of aromatic nitrogens is 1. The summed E-state index contributed by atoms with van der Waals surface area (Å²) in [6.07, 6.45) is 3.03. The van der Waals surface area contributed by atoms with Gasteiger partial charge in [0.25, 0.3) is 0 Å². The fraction of sp³-hybridized carbons (Fsp3) is 0.208. The van der Waals surface area contributed by atoms with Crippen LogP contribution in [0.5, 0.6) is 5.75 Å². The summed E-state index contributed by atoms with van der Waals surface area (Å²) in [5, 5.41) is 10.8. The molecule has 4 nitrogen and oxygen atoms in total. The third-order valence-electron chi connectivity index (χ3n) is 5.21. The van der Waals surface area contributed by atoms with Gasteiger partial charge in [-0.25, -0.2) is 0 Å². The number of fused-ring (bicyclic) bond motifs is 1. The second kappa shape index (κ2) is 9.78. The molecule has 30 heavy (non-hydrogen) atoms. The van der Waals surface area contributed by atoms with Gasteiger partial charge in [-0.15, -0.1) is 11.3 Å². The molecule has 0 amide bonds. The molecule has 0 aliphatic carbocycles. The van der Waals surface area contributed by atoms with Crippen LogP contribution >= 0.6 is 23.6 Å². The second-order valence-corrected chi connectivity index (χ2v) is 8.48. The van der Waals surface area contributed by atoms with Gasteiger partial charge in [-0.1, -0.05) is 36.4 Å². The minimum Gasteiger partial charge on any atom is -0.497 e. The van der Waals surface area contributed by atoms with Crippen molar-refractivity contribution in [2.75, 3.05) is 20.2 Å². The smallest absolute Gasteiger partial charge is 0.166 e. The van der Waals surface area contributed by atoms with E-state index in [2.05, 4.69) is 75.7 Å². The van der Waals surface area contributed by atoms with Crippen LogP contribution in [-0.4, -0.2) is 30.3 Å². The molecule has 0 radical (unpaired) electrons. The second-order valence-electron chi connectivity index (χ2n) is 7.09. The topological polar surface area (TPSA) is 49.1 Å². The van der Waals surface area contributed by atoms with E-state index in [-0.39, 0.29) is 5.92 Å². The van der Waals surface area contributed by atoms with Crippen molar-refractivity contribution in [3.05, 3.63) is 88.2 Å². The highest BCUT2D eigenvalue weighted by molar-refractivity contribution is 7.80. The van der Waals surface area contributed by atoms with Gasteiger partial charge in [0.15, 0.2) is 5.11 Å². The molecule has 0 saturated carbocycles. The molecule has 2 aromatic heterocycles. The highest BCUT2D eigenvalue weighted by atomic mass is 32.1. The Morgan fingerprint density at radius 3 is 2.67 bits per heavy atom. The maximum atomic E-state index is 5.54. The lowest BCUT2D eigenvalue weighted by Gasteiger charge is -2.18. The molecule has 0 spiro atoms. The molecule has 0 saturated heterocycles. The van der Waals surface area contributed by atoms with Crippen LogP contribution in [0, 0.1) is 0 Å². The lowest BCUT2D eigenvalue weighted by atomic mass is 9.97. The van der Waals surface area contributed by atoms with Crippen LogP contribution in [0.25, 0.3) is 10.9 Å². The molecule has 3 N–H and O–H groups in total. The highest BCUT2D eigenvalue weighted by Gasteiger charge is 2.19. The van der Waals surface area contributed by atoms with E-state index in [0.717, 1.165) is 30.8 Å². The molecular weight excluding hydrogens is 410 g/mol. The van der Waals surface area contributed by atoms with E-state index in [4.69, 9.17) is 17.0 Å². The van der Waals surface area contributed by atoms with E-state index in [1.807, 2.05) is 12.1 Å². The Kier molecular flexibility index (Phi) is 6.67. The first kappa shape index (κ1) is 20.4. The molecule has 2 aromatic carbocycles. The van der Waals surface area contributed by atoms with Crippen molar-refractivity contribution in [1.82, 2.24) is 15.6 Å². The number of thiophene rings is 1. The zero-order valence-corrected chi connectivity index (χ0v) is 18.5. The van der Waals surface area contributed by atoms with Crippen LogP contribution in [0.4, 0.5) is 0 Å². The van der Waals surface area contributed by atoms with Gasteiger partial charge in [0.1, 0.15) is 5.75 Å². The zero-order valence-electron chi connectivity index (χ0n) is 16.9. The summed E-state index contributed by atoms with van der Waals surface area (Å²) in [6.45, 7) is 1.53. The number of benzene rings is 2. The first-order valence-electron chi connectivity index (χ1n) is 9.98. The Labute approximate surface area is 186 Å². The Morgan fingerprint density at radius 2 is 1.90 bits per heavy atom. The average molecular weight is 436 g/mol. The Bertz CT molecular complexity index is 1090. The first-order chi connectivity index (χ1) is 14.7. The third-order valence-corrected chi connectivity index (χ3v) is 6.48. The molecule has 0 fully saturated rings. The van der Waals surface area contributed by atoms with Gasteiger partial charge < -0.3 is 20.4 Å². The van der Waals surface area contributed by atoms with Crippen molar-refractivity contribution in [1.29, 1.82) is 0 Å². The number of aromatic amines is 1. The van der Waals surface area contributed by atoms with Gasteiger partial charge in [0, 0.05) is 41.0 Å². The molecule has 0 aliphatic rings. The monoisotopic (exact) mass is 435 g/mol. The fourth-order valence-corrected chi connectivity index (χ4v) is 4.64. The number of hydrogen-bond acceptors (Lipinski definition) is 3. The standard InChI is InChI=1S/C24H25N3OS2/c1-28-18-10-8-17(9-11-18)12-13-25-24(29)27-16-21(23-7-4-14-30-23)20-15-26-22-6-3-2-5-19(20)22/h2-11,14-15,21,26H,12-13,16H2,1H3,(H2,25,27,29). The van der Waals surface area contributed by atoms with Crippen LogP contribution < -0.4 is 15.4 Å². The van der Waals surface area contributed by atoms with E-state index in [1.54, 1.807) is 18.4 Å². The maximum Gasteiger partial charge on any atom is 0.166 e. The predicted octanol–water partition coefficient (Wildman–Crippen LogP) is 5.08. The third kappa shape index (κ3) is 4.83. The molecule has 1 atom stereocenters. The number of nitrogens with one attached hydrogen (secondary N) is 3. The van der Waals surface area contributed by atoms with Crippen molar-refractivity contribution < 1.29 is 4.74 Å². The minimum absolute atomic E-state index is 0.238. The van der Waals surface area contributed by atoms with Crippen LogP contribution in [0.1, 0.15) is 21.9 Å². The molecule has 0 aliphatic heterocycles. The quantitative estimate of drug-likeness (QED) is 0.338. The molecule has 0 bridgehead atoms. The Balaban J connectivity index is 1.36. The van der Waals surface area contributed by atoms with Crippen LogP contribution in [-0.2, 0) is 6.42 Å². The van der Waals surface area contributed by atoms with Gasteiger partial charge in [0.2, 0.25) is 0 Å². The van der Waals surface area contributed by atoms with Gasteiger partial charge in [-0.05, 0) is 59.4 Å². The highest BCUT2D eigenvalue weighted by Crippen LogP contribution is 2.32. The summed E-state index contributed by atoms with van der Waals surface area (Å²) >= 11 is 7.32. The summed E-state index contributed by atoms with van der Waals surface area (Å²) in [5.74, 6) is 1.11. The summed E-state index contributed by atoms with van der Waals surface area (Å²) in [4.78, 5) is 4.73.